The Morgan fingerprint density at radius 3 is 1.56 bits per heavy atom. The van der Waals surface area contributed by atoms with Crippen LogP contribution in [0.5, 0.6) is 0 Å². The van der Waals surface area contributed by atoms with Crippen LogP contribution in [0.15, 0.2) is 170 Å². The highest BCUT2D eigenvalue weighted by Gasteiger charge is 2.43. The van der Waals surface area contributed by atoms with Gasteiger partial charge >= 0.3 is 0 Å². The fraction of sp³-hybridized carbons (Fsp3) is 0. The van der Waals surface area contributed by atoms with Crippen LogP contribution < -0.4 is 20.7 Å². The monoisotopic (exact) mass is 652 g/mol. The number of rotatable bonds is 6. The molecule has 5 heteroatoms. The van der Waals surface area contributed by atoms with E-state index in [0.717, 1.165) is 32.6 Å². The van der Waals surface area contributed by atoms with Crippen molar-refractivity contribution in [2.24, 2.45) is 0 Å². The van der Waals surface area contributed by atoms with Gasteiger partial charge in [0.2, 0.25) is 0 Å². The van der Waals surface area contributed by atoms with Gasteiger partial charge in [-0.3, -0.25) is 0 Å². The Labute approximate surface area is 291 Å². The molecule has 0 radical (unpaired) electrons. The fourth-order valence-corrected chi connectivity index (χ4v) is 12.6. The summed E-state index contributed by atoms with van der Waals surface area (Å²) >= 11 is 0. The second-order valence-corrected chi connectivity index (χ2v) is 16.0. The van der Waals surface area contributed by atoms with Crippen LogP contribution in [0, 0.1) is 34.0 Å². The summed E-state index contributed by atoms with van der Waals surface area (Å²) in [5.41, 5.74) is 5.48. The predicted molar refractivity (Wildman–Crippen MR) is 204 cm³/mol. The molecule has 0 saturated heterocycles. The first kappa shape index (κ1) is 30.4. The normalized spacial score (nSPS) is 11.1. The second kappa shape index (κ2) is 12.6. The van der Waals surface area contributed by atoms with Crippen molar-refractivity contribution in [2.75, 3.05) is 0 Å². The number of para-hydroxylation sites is 1. The first-order valence-corrected chi connectivity index (χ1v) is 18.4. The van der Waals surface area contributed by atoms with E-state index in [1.54, 1.807) is 12.1 Å². The summed E-state index contributed by atoms with van der Waals surface area (Å²) in [7, 11) is -3.06. The van der Waals surface area contributed by atoms with Gasteiger partial charge in [-0.05, 0) is 62.7 Å². The van der Waals surface area contributed by atoms with Crippen LogP contribution in [0.4, 0.5) is 0 Å². The molecule has 1 aromatic heterocycles. The summed E-state index contributed by atoms with van der Waals surface area (Å²) in [5.74, 6) is 0. The Kier molecular flexibility index (Phi) is 7.63. The minimum Gasteiger partial charge on any atom is -0.307 e. The van der Waals surface area contributed by atoms with Crippen LogP contribution in [0.3, 0.4) is 0 Å². The average Bonchev–Trinajstić information content (AvgIpc) is 3.52. The summed E-state index contributed by atoms with van der Waals surface area (Å²) in [6.45, 7) is 0. The summed E-state index contributed by atoms with van der Waals surface area (Å²) in [6.07, 6.45) is 0. The number of hydrogen-bond donors (Lipinski definition) is 0. The number of fused-ring (bicyclic) bond motifs is 3. The molecule has 0 bridgehead atoms. The zero-order valence-corrected chi connectivity index (χ0v) is 28.0. The maximum absolute atomic E-state index is 10.8. The minimum atomic E-state index is -3.06. The van der Waals surface area contributed by atoms with Crippen molar-refractivity contribution >= 4 is 50.6 Å². The second-order valence-electron chi connectivity index (χ2n) is 12.2. The lowest BCUT2D eigenvalue weighted by Gasteiger charge is -2.36. The molecule has 0 unspecified atom stereocenters. The molecule has 0 aliphatic carbocycles. The van der Waals surface area contributed by atoms with E-state index in [2.05, 4.69) is 114 Å². The maximum atomic E-state index is 10.8. The molecule has 8 rings (SSSR count). The highest BCUT2D eigenvalue weighted by molar-refractivity contribution is 7.20. The fourth-order valence-electron chi connectivity index (χ4n) is 7.62. The lowest BCUT2D eigenvalue weighted by Crippen LogP contribution is -2.75. The van der Waals surface area contributed by atoms with Gasteiger partial charge in [0.25, 0.3) is 0 Å². The molecule has 50 heavy (non-hydrogen) atoms. The van der Waals surface area contributed by atoms with E-state index in [1.807, 2.05) is 66.7 Å². The van der Waals surface area contributed by atoms with E-state index in [0.29, 0.717) is 27.9 Å². The average molecular weight is 653 g/mol. The van der Waals surface area contributed by atoms with Crippen molar-refractivity contribution < 1.29 is 0 Å². The largest absolute Gasteiger partial charge is 0.307 e. The topological polar surface area (TPSA) is 76.3 Å². The smallest absolute Gasteiger partial charge is 0.180 e. The molecule has 7 aromatic carbocycles. The van der Waals surface area contributed by atoms with Crippen molar-refractivity contribution in [3.63, 3.8) is 0 Å². The van der Waals surface area contributed by atoms with Crippen LogP contribution in [0.2, 0.25) is 0 Å². The Bertz CT molecular complexity index is 2580. The Hall–Kier alpha value is -6.97. The molecule has 0 N–H and O–H groups in total. The number of nitriles is 3. The van der Waals surface area contributed by atoms with Crippen molar-refractivity contribution in [1.29, 1.82) is 15.8 Å². The summed E-state index contributed by atoms with van der Waals surface area (Å²) < 4.78 is 2.11. The Morgan fingerprint density at radius 1 is 0.440 bits per heavy atom. The van der Waals surface area contributed by atoms with Crippen LogP contribution in [0.25, 0.3) is 38.6 Å². The molecule has 8 aromatic rings. The van der Waals surface area contributed by atoms with E-state index >= 15 is 0 Å². The van der Waals surface area contributed by atoms with Crippen molar-refractivity contribution in [3.8, 4) is 35.0 Å². The standard InChI is InChI=1S/C45H28N4Si/c46-29-32-24-27-42-40(28-32)38-20-10-12-22-41(38)49(42)45-34(31-48)26-25-33(30-47)44(45)39-21-11-13-23-43(39)50(35-14-4-1-5-15-35,36-16-6-2-7-17-36)37-18-8-3-9-19-37/h1-28H. The van der Waals surface area contributed by atoms with Crippen molar-refractivity contribution in [1.82, 2.24) is 4.57 Å². The maximum Gasteiger partial charge on any atom is 0.180 e. The first-order valence-electron chi connectivity index (χ1n) is 16.4. The summed E-state index contributed by atoms with van der Waals surface area (Å²) in [5, 5.41) is 38.0. The van der Waals surface area contributed by atoms with E-state index < -0.39 is 8.07 Å². The third-order valence-corrected chi connectivity index (χ3v) is 14.5. The number of aromatic nitrogens is 1. The number of nitrogens with zero attached hydrogens (tertiary/aromatic N) is 4. The molecular weight excluding hydrogens is 625 g/mol. The SMILES string of the molecule is N#Cc1ccc2c(c1)c1ccccc1n2-c1c(C#N)ccc(C#N)c1-c1ccccc1[Si](c1ccccc1)(c1ccccc1)c1ccccc1. The van der Waals surface area contributed by atoms with E-state index in [4.69, 9.17) is 0 Å². The van der Waals surface area contributed by atoms with Gasteiger partial charge in [0.1, 0.15) is 6.07 Å². The van der Waals surface area contributed by atoms with Crippen LogP contribution in [-0.2, 0) is 0 Å². The summed E-state index contributed by atoms with van der Waals surface area (Å²) in [6, 6.07) is 65.0. The Morgan fingerprint density at radius 2 is 0.960 bits per heavy atom. The van der Waals surface area contributed by atoms with Crippen LogP contribution in [0.1, 0.15) is 16.7 Å². The van der Waals surface area contributed by atoms with Crippen molar-refractivity contribution in [2.45, 2.75) is 0 Å². The van der Waals surface area contributed by atoms with Gasteiger partial charge in [0, 0.05) is 16.3 Å². The van der Waals surface area contributed by atoms with E-state index in [-0.39, 0.29) is 0 Å². The molecule has 0 atom stereocenters. The molecule has 1 heterocycles. The van der Waals surface area contributed by atoms with E-state index in [1.165, 1.54) is 15.6 Å². The lowest BCUT2D eigenvalue weighted by molar-refractivity contribution is 1.17. The Balaban J connectivity index is 1.57. The predicted octanol–water partition coefficient (Wildman–Crippen LogP) is 7.44. The third-order valence-electron chi connectivity index (χ3n) is 9.66. The number of benzene rings is 7. The minimum absolute atomic E-state index is 0.451. The molecule has 232 valence electrons. The quantitative estimate of drug-likeness (QED) is 0.138. The highest BCUT2D eigenvalue weighted by Crippen LogP contribution is 2.39. The summed E-state index contributed by atoms with van der Waals surface area (Å²) in [4.78, 5) is 0. The molecule has 0 aliphatic heterocycles. The van der Waals surface area contributed by atoms with Gasteiger partial charge in [-0.1, -0.05) is 133 Å². The van der Waals surface area contributed by atoms with Gasteiger partial charge in [0.05, 0.1) is 45.5 Å². The molecular formula is C45H28N4Si. The molecule has 0 amide bonds. The van der Waals surface area contributed by atoms with Gasteiger partial charge in [-0.15, -0.1) is 0 Å². The third kappa shape index (κ3) is 4.64. The molecule has 0 saturated carbocycles. The van der Waals surface area contributed by atoms with Crippen LogP contribution >= 0.6 is 0 Å². The lowest BCUT2D eigenvalue weighted by atomic mass is 9.94. The van der Waals surface area contributed by atoms with Gasteiger partial charge < -0.3 is 4.57 Å². The zero-order valence-electron chi connectivity index (χ0n) is 27.0. The van der Waals surface area contributed by atoms with Gasteiger partial charge in [-0.2, -0.15) is 15.8 Å². The molecule has 4 nitrogen and oxygen atoms in total. The number of hydrogen-bond acceptors (Lipinski definition) is 3. The molecule has 0 aliphatic rings. The molecule has 0 fully saturated rings. The van der Waals surface area contributed by atoms with Crippen LogP contribution in [-0.4, -0.2) is 12.6 Å². The zero-order chi connectivity index (χ0) is 34.1. The molecule has 0 spiro atoms. The van der Waals surface area contributed by atoms with Gasteiger partial charge in [-0.25, -0.2) is 0 Å². The first-order chi connectivity index (χ1) is 24.7. The highest BCUT2D eigenvalue weighted by atomic mass is 28.3. The van der Waals surface area contributed by atoms with Crippen molar-refractivity contribution in [3.05, 3.63) is 187 Å². The van der Waals surface area contributed by atoms with E-state index in [9.17, 15) is 15.8 Å². The van der Waals surface area contributed by atoms with Gasteiger partial charge in [0.15, 0.2) is 8.07 Å².